The first-order valence-corrected chi connectivity index (χ1v) is 8.55. The van der Waals surface area contributed by atoms with Crippen molar-refractivity contribution in [3.63, 3.8) is 0 Å². The molecule has 1 unspecified atom stereocenters. The van der Waals surface area contributed by atoms with Crippen LogP contribution in [0.1, 0.15) is 18.4 Å². The van der Waals surface area contributed by atoms with E-state index in [-0.39, 0.29) is 11.9 Å². The molecule has 1 aromatic carbocycles. The van der Waals surface area contributed by atoms with E-state index >= 15 is 0 Å². The van der Waals surface area contributed by atoms with Crippen molar-refractivity contribution in [2.75, 3.05) is 13.1 Å². The van der Waals surface area contributed by atoms with Crippen molar-refractivity contribution in [3.05, 3.63) is 52.5 Å². The third-order valence-electron chi connectivity index (χ3n) is 3.96. The Morgan fingerprint density at radius 3 is 2.96 bits per heavy atom. The Bertz CT molecular complexity index is 774. The molecule has 1 amide bonds. The van der Waals surface area contributed by atoms with Crippen molar-refractivity contribution in [3.8, 4) is 5.69 Å². The van der Waals surface area contributed by atoms with Gasteiger partial charge in [0, 0.05) is 31.4 Å². The number of nitrogens with zero attached hydrogens (tertiary/aromatic N) is 3. The average molecular weight is 393 g/mol. The SMILES string of the molecule is NC1CCCN(C(=O)/C=C/c2ccc(-n3cc(Br)cn3)c(F)c2)C1. The summed E-state index contributed by atoms with van der Waals surface area (Å²) in [5.74, 6) is -0.495. The molecule has 3 rings (SSSR count). The Balaban J connectivity index is 1.71. The Labute approximate surface area is 148 Å². The molecule has 1 fully saturated rings. The lowest BCUT2D eigenvalue weighted by atomic mass is 10.1. The predicted molar refractivity (Wildman–Crippen MR) is 94.0 cm³/mol. The summed E-state index contributed by atoms with van der Waals surface area (Å²) in [6, 6.07) is 4.81. The maximum absolute atomic E-state index is 14.3. The van der Waals surface area contributed by atoms with Crippen LogP contribution in [0, 0.1) is 5.82 Å². The number of benzene rings is 1. The van der Waals surface area contributed by atoms with Gasteiger partial charge in [-0.2, -0.15) is 5.10 Å². The van der Waals surface area contributed by atoms with Gasteiger partial charge >= 0.3 is 0 Å². The van der Waals surface area contributed by atoms with Gasteiger partial charge in [-0.05, 0) is 52.5 Å². The molecule has 0 bridgehead atoms. The molecular formula is C17H18BrFN4O. The van der Waals surface area contributed by atoms with Gasteiger partial charge in [0.05, 0.1) is 10.7 Å². The zero-order valence-electron chi connectivity index (χ0n) is 13.0. The van der Waals surface area contributed by atoms with E-state index in [9.17, 15) is 9.18 Å². The Morgan fingerprint density at radius 1 is 1.46 bits per heavy atom. The minimum Gasteiger partial charge on any atom is -0.338 e. The van der Waals surface area contributed by atoms with Gasteiger partial charge in [0.2, 0.25) is 5.91 Å². The number of likely N-dealkylation sites (tertiary alicyclic amines) is 1. The molecule has 1 aliphatic rings. The van der Waals surface area contributed by atoms with Crippen LogP contribution in [0.25, 0.3) is 11.8 Å². The lowest BCUT2D eigenvalue weighted by molar-refractivity contribution is -0.127. The monoisotopic (exact) mass is 392 g/mol. The second-order valence-corrected chi connectivity index (χ2v) is 6.75. The van der Waals surface area contributed by atoms with E-state index in [1.807, 2.05) is 0 Å². The molecule has 2 N–H and O–H groups in total. The van der Waals surface area contributed by atoms with E-state index in [1.54, 1.807) is 35.5 Å². The van der Waals surface area contributed by atoms with Crippen LogP contribution in [-0.2, 0) is 4.79 Å². The van der Waals surface area contributed by atoms with Gasteiger partial charge < -0.3 is 10.6 Å². The molecule has 24 heavy (non-hydrogen) atoms. The Kier molecular flexibility index (Phi) is 5.11. The van der Waals surface area contributed by atoms with E-state index in [2.05, 4.69) is 21.0 Å². The average Bonchev–Trinajstić information content (AvgIpc) is 2.99. The van der Waals surface area contributed by atoms with Crippen LogP contribution in [0.15, 0.2) is 41.1 Å². The lowest BCUT2D eigenvalue weighted by Crippen LogP contribution is -2.45. The molecule has 1 saturated heterocycles. The number of hydrogen-bond donors (Lipinski definition) is 1. The number of piperidine rings is 1. The predicted octanol–water partition coefficient (Wildman–Crippen LogP) is 2.74. The molecule has 7 heteroatoms. The molecule has 1 aromatic heterocycles. The summed E-state index contributed by atoms with van der Waals surface area (Å²) >= 11 is 3.28. The fourth-order valence-corrected chi connectivity index (χ4v) is 3.01. The summed E-state index contributed by atoms with van der Waals surface area (Å²) in [4.78, 5) is 13.9. The number of nitrogens with two attached hydrogens (primary N) is 1. The van der Waals surface area contributed by atoms with Crippen LogP contribution >= 0.6 is 15.9 Å². The maximum atomic E-state index is 14.3. The highest BCUT2D eigenvalue weighted by atomic mass is 79.9. The van der Waals surface area contributed by atoms with Gasteiger partial charge in [0.25, 0.3) is 0 Å². The first kappa shape index (κ1) is 16.9. The van der Waals surface area contributed by atoms with Crippen molar-refractivity contribution in [2.45, 2.75) is 18.9 Å². The van der Waals surface area contributed by atoms with Gasteiger partial charge in [-0.15, -0.1) is 0 Å². The van der Waals surface area contributed by atoms with E-state index in [0.717, 1.165) is 23.9 Å². The first-order valence-electron chi connectivity index (χ1n) is 7.75. The topological polar surface area (TPSA) is 64.2 Å². The van der Waals surface area contributed by atoms with Crippen molar-refractivity contribution < 1.29 is 9.18 Å². The number of amides is 1. The minimum absolute atomic E-state index is 0.0428. The maximum Gasteiger partial charge on any atom is 0.246 e. The van der Waals surface area contributed by atoms with Gasteiger partial charge in [-0.3, -0.25) is 4.79 Å². The van der Waals surface area contributed by atoms with Crippen molar-refractivity contribution >= 4 is 27.9 Å². The van der Waals surface area contributed by atoms with Crippen molar-refractivity contribution in [1.29, 1.82) is 0 Å². The summed E-state index contributed by atoms with van der Waals surface area (Å²) in [6.45, 7) is 1.29. The first-order chi connectivity index (χ1) is 11.5. The Hall–Kier alpha value is -1.99. The zero-order chi connectivity index (χ0) is 17.1. The molecule has 0 aliphatic carbocycles. The molecular weight excluding hydrogens is 375 g/mol. The quantitative estimate of drug-likeness (QED) is 0.816. The number of hydrogen-bond acceptors (Lipinski definition) is 3. The van der Waals surface area contributed by atoms with Crippen LogP contribution in [0.2, 0.25) is 0 Å². The summed E-state index contributed by atoms with van der Waals surface area (Å²) < 4.78 is 16.5. The normalized spacial score (nSPS) is 18.3. The Morgan fingerprint density at radius 2 is 2.29 bits per heavy atom. The molecule has 2 aromatic rings. The standard InChI is InChI=1S/C17H18BrFN4O/c18-13-9-21-23(10-13)16-5-3-12(8-15(16)19)4-6-17(24)22-7-1-2-14(20)11-22/h3-6,8-10,14H,1-2,7,11,20H2/b6-4+. The molecule has 0 radical (unpaired) electrons. The van der Waals surface area contributed by atoms with Crippen molar-refractivity contribution in [1.82, 2.24) is 14.7 Å². The largest absolute Gasteiger partial charge is 0.338 e. The highest BCUT2D eigenvalue weighted by Gasteiger charge is 2.19. The van der Waals surface area contributed by atoms with Crippen LogP contribution in [0.3, 0.4) is 0 Å². The number of aromatic nitrogens is 2. The number of carbonyl (C=O) groups excluding carboxylic acids is 1. The molecule has 1 aliphatic heterocycles. The molecule has 126 valence electrons. The third-order valence-corrected chi connectivity index (χ3v) is 4.37. The van der Waals surface area contributed by atoms with Gasteiger partial charge in [0.15, 0.2) is 0 Å². The van der Waals surface area contributed by atoms with Gasteiger partial charge in [0.1, 0.15) is 11.5 Å². The van der Waals surface area contributed by atoms with E-state index in [1.165, 1.54) is 16.8 Å². The fraction of sp³-hybridized carbons (Fsp3) is 0.294. The van der Waals surface area contributed by atoms with Gasteiger partial charge in [-0.25, -0.2) is 9.07 Å². The second kappa shape index (κ2) is 7.27. The van der Waals surface area contributed by atoms with E-state index in [0.29, 0.717) is 17.8 Å². The van der Waals surface area contributed by atoms with E-state index < -0.39 is 5.82 Å². The summed E-state index contributed by atoms with van der Waals surface area (Å²) in [5.41, 5.74) is 6.86. The summed E-state index contributed by atoms with van der Waals surface area (Å²) in [6.07, 6.45) is 8.23. The minimum atomic E-state index is -0.403. The third kappa shape index (κ3) is 3.91. The molecule has 0 spiro atoms. The van der Waals surface area contributed by atoms with E-state index in [4.69, 9.17) is 5.73 Å². The van der Waals surface area contributed by atoms with Crippen molar-refractivity contribution in [2.24, 2.45) is 5.73 Å². The number of rotatable bonds is 3. The molecule has 1 atom stereocenters. The fourth-order valence-electron chi connectivity index (χ4n) is 2.73. The highest BCUT2D eigenvalue weighted by molar-refractivity contribution is 9.10. The second-order valence-electron chi connectivity index (χ2n) is 5.83. The highest BCUT2D eigenvalue weighted by Crippen LogP contribution is 2.18. The smallest absolute Gasteiger partial charge is 0.246 e. The van der Waals surface area contributed by atoms with Crippen LogP contribution in [0.5, 0.6) is 0 Å². The molecule has 5 nitrogen and oxygen atoms in total. The summed E-state index contributed by atoms with van der Waals surface area (Å²) in [7, 11) is 0. The lowest BCUT2D eigenvalue weighted by Gasteiger charge is -2.29. The van der Waals surface area contributed by atoms with Gasteiger partial charge in [-0.1, -0.05) is 6.07 Å². The molecule has 0 saturated carbocycles. The van der Waals surface area contributed by atoms with Crippen LogP contribution in [-0.4, -0.2) is 39.7 Å². The molecule has 2 heterocycles. The number of halogens is 2. The summed E-state index contributed by atoms with van der Waals surface area (Å²) in [5, 5.41) is 4.06. The number of carbonyl (C=O) groups is 1. The van der Waals surface area contributed by atoms with Crippen LogP contribution < -0.4 is 5.73 Å². The van der Waals surface area contributed by atoms with Crippen LogP contribution in [0.4, 0.5) is 4.39 Å². The zero-order valence-corrected chi connectivity index (χ0v) is 14.6.